The number of nitrogens with one attached hydrogen (secondary N) is 1. The van der Waals surface area contributed by atoms with Gasteiger partial charge in [-0.3, -0.25) is 10.1 Å². The molecule has 1 aromatic heterocycles. The molecule has 0 amide bonds. The van der Waals surface area contributed by atoms with Crippen molar-refractivity contribution < 1.29 is 14.4 Å². The van der Waals surface area contributed by atoms with Crippen molar-refractivity contribution in [2.24, 2.45) is 0 Å². The van der Waals surface area contributed by atoms with Crippen LogP contribution in [0.3, 0.4) is 0 Å². The van der Waals surface area contributed by atoms with Gasteiger partial charge in [0.15, 0.2) is 11.0 Å². The number of ether oxygens (including phenoxy) is 2. The van der Waals surface area contributed by atoms with Gasteiger partial charge >= 0.3 is 0 Å². The summed E-state index contributed by atoms with van der Waals surface area (Å²) in [6.45, 7) is 3.47. The van der Waals surface area contributed by atoms with Crippen molar-refractivity contribution in [1.29, 1.82) is 0 Å². The fourth-order valence-electron chi connectivity index (χ4n) is 4.19. The monoisotopic (exact) mass is 483 g/mol. The van der Waals surface area contributed by atoms with E-state index in [2.05, 4.69) is 27.1 Å². The molecule has 0 radical (unpaired) electrons. The van der Waals surface area contributed by atoms with Crippen molar-refractivity contribution >= 4 is 28.8 Å². The minimum absolute atomic E-state index is 0.0176. The van der Waals surface area contributed by atoms with E-state index in [9.17, 15) is 10.1 Å². The zero-order valence-corrected chi connectivity index (χ0v) is 20.0. The van der Waals surface area contributed by atoms with Crippen molar-refractivity contribution in [1.82, 2.24) is 9.97 Å². The molecule has 34 heavy (non-hydrogen) atoms. The molecule has 10 heteroatoms. The van der Waals surface area contributed by atoms with Gasteiger partial charge < -0.3 is 19.7 Å². The standard InChI is InChI=1S/C24H26ClN5O4/c1-4-5-10-29-13-16-11-18(33-2)12-19(34-3)20(16)21(15-6-8-17(9-7-15)30(31)32)28-22-23(25)26-14-27-24(22)29/h6-9,11-12,14,21,28H,4-5,10,13H2,1-3H3. The number of nitro benzene ring substituents is 1. The van der Waals surface area contributed by atoms with Gasteiger partial charge in [0.05, 0.1) is 25.2 Å². The van der Waals surface area contributed by atoms with Crippen LogP contribution in [-0.4, -0.2) is 35.7 Å². The zero-order valence-electron chi connectivity index (χ0n) is 19.2. The number of non-ortho nitro benzene ring substituents is 1. The van der Waals surface area contributed by atoms with E-state index in [0.717, 1.165) is 36.1 Å². The van der Waals surface area contributed by atoms with E-state index in [4.69, 9.17) is 21.1 Å². The number of hydrogen-bond acceptors (Lipinski definition) is 8. The van der Waals surface area contributed by atoms with Crippen LogP contribution in [0.2, 0.25) is 5.15 Å². The molecule has 1 N–H and O–H groups in total. The molecule has 1 unspecified atom stereocenters. The topological polar surface area (TPSA) is 103 Å². The average Bonchev–Trinajstić information content (AvgIpc) is 2.84. The third-order valence-electron chi connectivity index (χ3n) is 5.89. The molecule has 0 fully saturated rings. The number of nitrogens with zero attached hydrogens (tertiary/aromatic N) is 4. The van der Waals surface area contributed by atoms with Crippen molar-refractivity contribution in [2.75, 3.05) is 31.0 Å². The average molecular weight is 484 g/mol. The van der Waals surface area contributed by atoms with Crippen LogP contribution >= 0.6 is 11.6 Å². The van der Waals surface area contributed by atoms with Crippen LogP contribution in [0, 0.1) is 10.1 Å². The van der Waals surface area contributed by atoms with Crippen molar-refractivity contribution in [2.45, 2.75) is 32.4 Å². The molecule has 0 spiro atoms. The van der Waals surface area contributed by atoms with E-state index < -0.39 is 11.0 Å². The Balaban J connectivity index is 1.94. The molecule has 1 aliphatic rings. The van der Waals surface area contributed by atoms with Crippen LogP contribution in [0.1, 0.15) is 42.5 Å². The third-order valence-corrected chi connectivity index (χ3v) is 6.18. The molecule has 4 rings (SSSR count). The lowest BCUT2D eigenvalue weighted by Gasteiger charge is -2.34. The molecule has 2 heterocycles. The maximum absolute atomic E-state index is 11.2. The minimum atomic E-state index is -0.424. The minimum Gasteiger partial charge on any atom is -0.497 e. The zero-order chi connectivity index (χ0) is 24.2. The maximum Gasteiger partial charge on any atom is 0.269 e. The van der Waals surface area contributed by atoms with Crippen LogP contribution < -0.4 is 19.7 Å². The van der Waals surface area contributed by atoms with Gasteiger partial charge in [0.1, 0.15) is 23.5 Å². The molecular formula is C24H26ClN5O4. The van der Waals surface area contributed by atoms with Gasteiger partial charge in [-0.15, -0.1) is 0 Å². The Morgan fingerprint density at radius 2 is 1.97 bits per heavy atom. The number of hydrogen-bond donors (Lipinski definition) is 1. The van der Waals surface area contributed by atoms with Gasteiger partial charge in [0.25, 0.3) is 5.69 Å². The molecule has 1 atom stereocenters. The molecule has 3 aromatic rings. The number of halogens is 1. The molecule has 178 valence electrons. The van der Waals surface area contributed by atoms with Gasteiger partial charge in [-0.2, -0.15) is 0 Å². The Morgan fingerprint density at radius 3 is 2.62 bits per heavy atom. The summed E-state index contributed by atoms with van der Waals surface area (Å²) in [7, 11) is 3.23. The van der Waals surface area contributed by atoms with E-state index >= 15 is 0 Å². The molecule has 1 aliphatic heterocycles. The van der Waals surface area contributed by atoms with Crippen LogP contribution in [-0.2, 0) is 6.54 Å². The number of unbranched alkanes of at least 4 members (excludes halogenated alkanes) is 1. The summed E-state index contributed by atoms with van der Waals surface area (Å²) in [6.07, 6.45) is 3.46. The number of aromatic nitrogens is 2. The third kappa shape index (κ3) is 4.56. The first-order valence-electron chi connectivity index (χ1n) is 11.0. The summed E-state index contributed by atoms with van der Waals surface area (Å²) in [4.78, 5) is 21.7. The highest BCUT2D eigenvalue weighted by Gasteiger charge is 2.30. The highest BCUT2D eigenvalue weighted by atomic mass is 35.5. The van der Waals surface area contributed by atoms with Crippen LogP contribution in [0.5, 0.6) is 11.5 Å². The van der Waals surface area contributed by atoms with Gasteiger partial charge in [-0.05, 0) is 35.7 Å². The van der Waals surface area contributed by atoms with Crippen molar-refractivity contribution in [3.05, 3.63) is 74.7 Å². The number of nitro groups is 1. The number of methoxy groups -OCH3 is 2. The lowest BCUT2D eigenvalue weighted by Crippen LogP contribution is -2.30. The molecule has 0 saturated heterocycles. The normalized spacial score (nSPS) is 14.8. The van der Waals surface area contributed by atoms with Crippen LogP contribution in [0.4, 0.5) is 17.2 Å². The highest BCUT2D eigenvalue weighted by Crippen LogP contribution is 2.44. The SMILES string of the molecule is CCCCN1Cc2cc(OC)cc(OC)c2C(c2ccc([N+](=O)[O-])cc2)Nc2c(Cl)ncnc21. The van der Waals surface area contributed by atoms with E-state index in [-0.39, 0.29) is 5.69 Å². The van der Waals surface area contributed by atoms with Crippen molar-refractivity contribution in [3.8, 4) is 11.5 Å². The van der Waals surface area contributed by atoms with Gasteiger partial charge in [0.2, 0.25) is 0 Å². The second-order valence-electron chi connectivity index (χ2n) is 7.97. The summed E-state index contributed by atoms with van der Waals surface area (Å²) >= 11 is 6.55. The van der Waals surface area contributed by atoms with E-state index in [1.165, 1.54) is 18.5 Å². The van der Waals surface area contributed by atoms with Gasteiger partial charge in [-0.1, -0.05) is 24.9 Å². The Hall–Kier alpha value is -3.59. The van der Waals surface area contributed by atoms with E-state index in [1.807, 2.05) is 12.1 Å². The quantitative estimate of drug-likeness (QED) is 0.271. The lowest BCUT2D eigenvalue weighted by atomic mass is 9.91. The second kappa shape index (κ2) is 10.1. The molecule has 2 aromatic carbocycles. The molecule has 0 saturated carbocycles. The Morgan fingerprint density at radius 1 is 1.21 bits per heavy atom. The summed E-state index contributed by atoms with van der Waals surface area (Å²) in [5.41, 5.74) is 3.31. The lowest BCUT2D eigenvalue weighted by molar-refractivity contribution is -0.384. The molecule has 0 aliphatic carbocycles. The van der Waals surface area contributed by atoms with Crippen LogP contribution in [0.25, 0.3) is 0 Å². The Bertz CT molecular complexity index is 1190. The summed E-state index contributed by atoms with van der Waals surface area (Å²) in [5, 5.41) is 15.0. The van der Waals surface area contributed by atoms with E-state index in [1.54, 1.807) is 26.4 Å². The molecule has 0 bridgehead atoms. The Labute approximate surface area is 202 Å². The predicted molar refractivity (Wildman–Crippen MR) is 131 cm³/mol. The molecular weight excluding hydrogens is 458 g/mol. The van der Waals surface area contributed by atoms with Crippen molar-refractivity contribution in [3.63, 3.8) is 0 Å². The highest BCUT2D eigenvalue weighted by molar-refractivity contribution is 6.32. The fourth-order valence-corrected chi connectivity index (χ4v) is 4.37. The number of benzene rings is 2. The number of anilines is 2. The second-order valence-corrected chi connectivity index (χ2v) is 8.32. The first-order valence-corrected chi connectivity index (χ1v) is 11.4. The summed E-state index contributed by atoms with van der Waals surface area (Å²) < 4.78 is 11.3. The first-order chi connectivity index (χ1) is 16.5. The smallest absolute Gasteiger partial charge is 0.269 e. The van der Waals surface area contributed by atoms with E-state index in [0.29, 0.717) is 34.7 Å². The fraction of sp³-hybridized carbons (Fsp3) is 0.333. The molecule has 9 nitrogen and oxygen atoms in total. The first kappa shape index (κ1) is 23.6. The number of rotatable bonds is 7. The summed E-state index contributed by atoms with van der Waals surface area (Å²) in [5.74, 6) is 2.01. The predicted octanol–water partition coefficient (Wildman–Crippen LogP) is 5.38. The summed E-state index contributed by atoms with van der Waals surface area (Å²) in [6, 6.07) is 9.85. The maximum atomic E-state index is 11.2. The number of fused-ring (bicyclic) bond motifs is 2. The van der Waals surface area contributed by atoms with Gasteiger partial charge in [-0.25, -0.2) is 9.97 Å². The Kier molecular flexibility index (Phi) is 7.02. The van der Waals surface area contributed by atoms with Crippen LogP contribution in [0.15, 0.2) is 42.7 Å². The van der Waals surface area contributed by atoms with Gasteiger partial charge in [0, 0.05) is 36.9 Å². The largest absolute Gasteiger partial charge is 0.497 e.